The van der Waals surface area contributed by atoms with Gasteiger partial charge in [-0.3, -0.25) is 4.79 Å². The van der Waals surface area contributed by atoms with E-state index in [1.807, 2.05) is 24.3 Å². The van der Waals surface area contributed by atoms with Gasteiger partial charge in [0.25, 0.3) is 0 Å². The van der Waals surface area contributed by atoms with E-state index in [0.29, 0.717) is 17.3 Å². The molecular weight excluding hydrogens is 278 g/mol. The minimum absolute atomic E-state index is 0.207. The van der Waals surface area contributed by atoms with Gasteiger partial charge in [-0.2, -0.15) is 0 Å². The molecule has 3 rings (SSSR count). The highest BCUT2D eigenvalue weighted by molar-refractivity contribution is 8.00. The lowest BCUT2D eigenvalue weighted by atomic mass is 10.2. The van der Waals surface area contributed by atoms with Crippen LogP contribution < -0.4 is 0 Å². The molecule has 0 saturated heterocycles. The van der Waals surface area contributed by atoms with E-state index in [4.69, 9.17) is 4.74 Å². The fourth-order valence-electron chi connectivity index (χ4n) is 1.85. The van der Waals surface area contributed by atoms with Crippen molar-refractivity contribution in [2.75, 3.05) is 12.4 Å². The normalized spacial score (nSPS) is 11.1. The molecule has 102 valence electrons. The maximum absolute atomic E-state index is 11.4. The van der Waals surface area contributed by atoms with Crippen LogP contribution in [0.5, 0.6) is 0 Å². The molecule has 0 aliphatic heterocycles. The van der Waals surface area contributed by atoms with Gasteiger partial charge < -0.3 is 4.74 Å². The third-order valence-electron chi connectivity index (χ3n) is 2.67. The summed E-state index contributed by atoms with van der Waals surface area (Å²) in [6.07, 6.45) is 0. The van der Waals surface area contributed by atoms with Crippen molar-refractivity contribution in [1.29, 1.82) is 0 Å². The summed E-state index contributed by atoms with van der Waals surface area (Å²) in [4.78, 5) is 11.4. The molecule has 0 aliphatic rings. The van der Waals surface area contributed by atoms with Crippen LogP contribution in [0.25, 0.3) is 16.4 Å². The first kappa shape index (κ1) is 12.8. The standard InChI is InChI=1S/C12H11N5O2S/c1-2-19-10(18)7-20-12-9-6-4-3-5-8(9)11-13-15-16-17(11)14-12/h3-6H,2,7H2,1H3. The number of benzene rings is 1. The van der Waals surface area contributed by atoms with Crippen LogP contribution in [0.15, 0.2) is 29.3 Å². The highest BCUT2D eigenvalue weighted by Gasteiger charge is 2.12. The van der Waals surface area contributed by atoms with E-state index in [2.05, 4.69) is 20.6 Å². The van der Waals surface area contributed by atoms with Crippen molar-refractivity contribution in [3.8, 4) is 0 Å². The molecule has 1 aromatic carbocycles. The molecule has 0 radical (unpaired) electrons. The number of rotatable bonds is 4. The number of ether oxygens (including phenoxy) is 1. The van der Waals surface area contributed by atoms with E-state index in [0.717, 1.165) is 10.8 Å². The number of hydrogen-bond donors (Lipinski definition) is 0. The van der Waals surface area contributed by atoms with Gasteiger partial charge >= 0.3 is 5.97 Å². The first-order valence-electron chi connectivity index (χ1n) is 6.05. The number of esters is 1. The molecule has 2 heterocycles. The highest BCUT2D eigenvalue weighted by Crippen LogP contribution is 2.27. The summed E-state index contributed by atoms with van der Waals surface area (Å²) >= 11 is 1.31. The van der Waals surface area contributed by atoms with Crippen molar-refractivity contribution in [3.05, 3.63) is 24.3 Å². The Hall–Kier alpha value is -2.22. The third-order valence-corrected chi connectivity index (χ3v) is 3.62. The summed E-state index contributed by atoms with van der Waals surface area (Å²) in [5.74, 6) is -0.0569. The largest absolute Gasteiger partial charge is 0.465 e. The van der Waals surface area contributed by atoms with Crippen LogP contribution in [0.3, 0.4) is 0 Å². The Kier molecular flexibility index (Phi) is 3.46. The van der Waals surface area contributed by atoms with Crippen LogP contribution in [0.2, 0.25) is 0 Å². The molecule has 0 bridgehead atoms. The zero-order valence-corrected chi connectivity index (χ0v) is 11.5. The second kappa shape index (κ2) is 5.41. The van der Waals surface area contributed by atoms with Crippen molar-refractivity contribution in [3.63, 3.8) is 0 Å². The molecular formula is C12H11N5O2S. The number of aromatic nitrogens is 5. The van der Waals surface area contributed by atoms with Gasteiger partial charge in [-0.25, -0.2) is 0 Å². The van der Waals surface area contributed by atoms with Crippen molar-refractivity contribution < 1.29 is 9.53 Å². The molecule has 3 aromatic rings. The van der Waals surface area contributed by atoms with E-state index < -0.39 is 0 Å². The van der Waals surface area contributed by atoms with Crippen LogP contribution in [-0.2, 0) is 9.53 Å². The SMILES string of the molecule is CCOC(=O)CSc1nn2nnnc2c2ccccc12. The molecule has 0 saturated carbocycles. The summed E-state index contributed by atoms with van der Waals surface area (Å²) in [6, 6.07) is 7.69. The quantitative estimate of drug-likeness (QED) is 0.529. The zero-order chi connectivity index (χ0) is 13.9. The Balaban J connectivity index is 2.01. The number of nitrogens with zero attached hydrogens (tertiary/aromatic N) is 5. The summed E-state index contributed by atoms with van der Waals surface area (Å²) in [5.41, 5.74) is 0.598. The number of fused-ring (bicyclic) bond motifs is 3. The first-order valence-corrected chi connectivity index (χ1v) is 7.03. The molecule has 8 heteroatoms. The molecule has 7 nitrogen and oxygen atoms in total. The Bertz CT molecular complexity index is 773. The number of tetrazole rings is 1. The molecule has 2 aromatic heterocycles. The van der Waals surface area contributed by atoms with Gasteiger partial charge in [0.1, 0.15) is 5.03 Å². The average Bonchev–Trinajstić information content (AvgIpc) is 2.93. The van der Waals surface area contributed by atoms with Gasteiger partial charge in [0.15, 0.2) is 0 Å². The summed E-state index contributed by atoms with van der Waals surface area (Å²) in [6.45, 7) is 2.16. The van der Waals surface area contributed by atoms with E-state index in [1.54, 1.807) is 6.92 Å². The topological polar surface area (TPSA) is 82.3 Å². The fraction of sp³-hybridized carbons (Fsp3) is 0.250. The molecule has 0 spiro atoms. The Labute approximate surface area is 118 Å². The van der Waals surface area contributed by atoms with Gasteiger partial charge in [-0.05, 0) is 17.4 Å². The number of carbonyl (C=O) groups excluding carboxylic acids is 1. The summed E-state index contributed by atoms with van der Waals surface area (Å²) in [7, 11) is 0. The minimum Gasteiger partial charge on any atom is -0.465 e. The summed E-state index contributed by atoms with van der Waals surface area (Å²) in [5, 5.41) is 18.2. The molecule has 0 unspecified atom stereocenters. The van der Waals surface area contributed by atoms with Gasteiger partial charge in [0, 0.05) is 10.8 Å². The highest BCUT2D eigenvalue weighted by atomic mass is 32.2. The number of thioether (sulfide) groups is 1. The van der Waals surface area contributed by atoms with Gasteiger partial charge in [0.2, 0.25) is 5.65 Å². The Morgan fingerprint density at radius 3 is 2.95 bits per heavy atom. The lowest BCUT2D eigenvalue weighted by Gasteiger charge is -2.05. The molecule has 0 amide bonds. The molecule has 0 atom stereocenters. The van der Waals surface area contributed by atoms with Crippen LogP contribution in [0.1, 0.15) is 6.92 Å². The molecule has 0 fully saturated rings. The molecule has 0 aliphatic carbocycles. The number of hydrogen-bond acceptors (Lipinski definition) is 7. The van der Waals surface area contributed by atoms with Crippen molar-refractivity contribution in [2.45, 2.75) is 11.9 Å². The van der Waals surface area contributed by atoms with Crippen molar-refractivity contribution >= 4 is 34.2 Å². The monoisotopic (exact) mass is 289 g/mol. The second-order valence-electron chi connectivity index (χ2n) is 3.94. The van der Waals surface area contributed by atoms with E-state index >= 15 is 0 Å². The maximum atomic E-state index is 11.4. The van der Waals surface area contributed by atoms with Crippen molar-refractivity contribution in [2.24, 2.45) is 0 Å². The molecule has 0 N–H and O–H groups in total. The smallest absolute Gasteiger partial charge is 0.316 e. The van der Waals surface area contributed by atoms with Crippen LogP contribution in [0, 0.1) is 0 Å². The fourth-order valence-corrected chi connectivity index (χ4v) is 2.66. The van der Waals surface area contributed by atoms with Crippen molar-refractivity contribution in [1.82, 2.24) is 25.3 Å². The van der Waals surface area contributed by atoms with Gasteiger partial charge in [-0.15, -0.1) is 14.8 Å². The Morgan fingerprint density at radius 2 is 2.15 bits per heavy atom. The van der Waals surface area contributed by atoms with E-state index in [1.165, 1.54) is 16.4 Å². The third kappa shape index (κ3) is 2.29. The predicted octanol–water partition coefficient (Wildman–Crippen LogP) is 1.33. The van der Waals surface area contributed by atoms with E-state index in [-0.39, 0.29) is 11.7 Å². The molecule has 20 heavy (non-hydrogen) atoms. The Morgan fingerprint density at radius 1 is 1.35 bits per heavy atom. The van der Waals surface area contributed by atoms with Gasteiger partial charge in [0.05, 0.1) is 12.4 Å². The van der Waals surface area contributed by atoms with Gasteiger partial charge in [-0.1, -0.05) is 36.0 Å². The zero-order valence-electron chi connectivity index (χ0n) is 10.7. The lowest BCUT2D eigenvalue weighted by molar-refractivity contribution is -0.139. The lowest BCUT2D eigenvalue weighted by Crippen LogP contribution is -2.07. The second-order valence-corrected chi connectivity index (χ2v) is 4.90. The van der Waals surface area contributed by atoms with Crippen LogP contribution in [0.4, 0.5) is 0 Å². The van der Waals surface area contributed by atoms with E-state index in [9.17, 15) is 4.79 Å². The first-order chi connectivity index (χ1) is 9.79. The average molecular weight is 289 g/mol. The van der Waals surface area contributed by atoms with Crippen LogP contribution >= 0.6 is 11.8 Å². The minimum atomic E-state index is -0.264. The number of carbonyl (C=O) groups is 1. The summed E-state index contributed by atoms with van der Waals surface area (Å²) < 4.78 is 6.28. The predicted molar refractivity (Wildman–Crippen MR) is 73.4 cm³/mol. The van der Waals surface area contributed by atoms with Crippen LogP contribution in [-0.4, -0.2) is 43.6 Å². The maximum Gasteiger partial charge on any atom is 0.316 e.